The summed E-state index contributed by atoms with van der Waals surface area (Å²) in [6, 6.07) is 11.4. The predicted octanol–water partition coefficient (Wildman–Crippen LogP) is 5.25. The maximum absolute atomic E-state index is 14.4. The SMILES string of the molecule is O=[N+]([O-])c1ccc(C=Nn2c(-c3ccccc3F)csc2=Nc2ccc(F)cc2F)o1. The summed E-state index contributed by atoms with van der Waals surface area (Å²) in [5, 5.41) is 16.6. The zero-order valence-electron chi connectivity index (χ0n) is 15.4. The van der Waals surface area contributed by atoms with Crippen molar-refractivity contribution in [2.24, 2.45) is 10.1 Å². The maximum atomic E-state index is 14.4. The van der Waals surface area contributed by atoms with E-state index in [1.807, 2.05) is 0 Å². The molecule has 31 heavy (non-hydrogen) atoms. The molecule has 2 heterocycles. The Bertz CT molecular complexity index is 1370. The van der Waals surface area contributed by atoms with Crippen molar-refractivity contribution in [2.75, 3.05) is 0 Å². The summed E-state index contributed by atoms with van der Waals surface area (Å²) in [6.07, 6.45) is 1.18. The van der Waals surface area contributed by atoms with Crippen molar-refractivity contribution in [3.05, 3.63) is 98.1 Å². The third-order valence-electron chi connectivity index (χ3n) is 4.05. The number of benzene rings is 2. The molecule has 2 aromatic heterocycles. The van der Waals surface area contributed by atoms with Crippen LogP contribution in [0.5, 0.6) is 0 Å². The van der Waals surface area contributed by atoms with Crippen molar-refractivity contribution in [1.29, 1.82) is 0 Å². The molecular formula is C20H11F3N4O3S. The Labute approximate surface area is 176 Å². The minimum Gasteiger partial charge on any atom is -0.400 e. The molecule has 0 saturated heterocycles. The van der Waals surface area contributed by atoms with Gasteiger partial charge in [0.1, 0.15) is 22.2 Å². The number of thiazole rings is 1. The van der Waals surface area contributed by atoms with Crippen LogP contribution in [0.2, 0.25) is 0 Å². The van der Waals surface area contributed by atoms with Gasteiger partial charge in [-0.05, 0) is 30.3 Å². The number of aromatic nitrogens is 1. The average molecular weight is 444 g/mol. The summed E-state index contributed by atoms with van der Waals surface area (Å²) in [7, 11) is 0. The highest BCUT2D eigenvalue weighted by atomic mass is 32.1. The Kier molecular flexibility index (Phi) is 5.50. The molecular weight excluding hydrogens is 433 g/mol. The van der Waals surface area contributed by atoms with Gasteiger partial charge in [-0.25, -0.2) is 22.8 Å². The molecule has 11 heteroatoms. The highest BCUT2D eigenvalue weighted by Crippen LogP contribution is 2.24. The fourth-order valence-electron chi connectivity index (χ4n) is 2.64. The monoisotopic (exact) mass is 444 g/mol. The van der Waals surface area contributed by atoms with Gasteiger partial charge in [0.15, 0.2) is 11.6 Å². The highest BCUT2D eigenvalue weighted by Gasteiger charge is 2.14. The van der Waals surface area contributed by atoms with E-state index < -0.39 is 28.3 Å². The second kappa shape index (κ2) is 8.40. The third-order valence-corrected chi connectivity index (χ3v) is 4.87. The molecule has 7 nitrogen and oxygen atoms in total. The summed E-state index contributed by atoms with van der Waals surface area (Å²) >= 11 is 1.05. The number of hydrogen-bond donors (Lipinski definition) is 0. The van der Waals surface area contributed by atoms with Crippen LogP contribution in [0.1, 0.15) is 5.76 Å². The van der Waals surface area contributed by atoms with Gasteiger partial charge in [0.25, 0.3) is 0 Å². The van der Waals surface area contributed by atoms with Crippen LogP contribution in [-0.2, 0) is 0 Å². The molecule has 0 atom stereocenters. The van der Waals surface area contributed by atoms with E-state index in [9.17, 15) is 23.3 Å². The zero-order valence-corrected chi connectivity index (χ0v) is 16.2. The Morgan fingerprint density at radius 3 is 2.58 bits per heavy atom. The molecule has 4 aromatic rings. The van der Waals surface area contributed by atoms with Crippen molar-refractivity contribution in [3.63, 3.8) is 0 Å². The highest BCUT2D eigenvalue weighted by molar-refractivity contribution is 7.07. The van der Waals surface area contributed by atoms with E-state index >= 15 is 0 Å². The van der Waals surface area contributed by atoms with Gasteiger partial charge in [0.05, 0.1) is 18.0 Å². The van der Waals surface area contributed by atoms with Crippen molar-refractivity contribution in [1.82, 2.24) is 4.68 Å². The minimum absolute atomic E-state index is 0.0730. The van der Waals surface area contributed by atoms with Gasteiger partial charge in [-0.3, -0.25) is 10.1 Å². The summed E-state index contributed by atoms with van der Waals surface area (Å²) in [6.45, 7) is 0. The largest absolute Gasteiger partial charge is 0.433 e. The molecule has 0 unspecified atom stereocenters. The Balaban J connectivity index is 1.86. The second-order valence-corrected chi connectivity index (χ2v) is 6.92. The lowest BCUT2D eigenvalue weighted by atomic mass is 10.1. The standard InChI is InChI=1S/C20H11F3N4O3S/c21-12-5-7-17(16(23)9-12)25-20-26(24-10-13-6-8-19(30-13)27(28)29)18(11-31-20)14-3-1-2-4-15(14)22/h1-11H. The van der Waals surface area contributed by atoms with E-state index in [4.69, 9.17) is 4.42 Å². The van der Waals surface area contributed by atoms with Crippen LogP contribution >= 0.6 is 11.3 Å². The fourth-order valence-corrected chi connectivity index (χ4v) is 3.48. The first-order valence-corrected chi connectivity index (χ1v) is 9.54. The Hall–Kier alpha value is -3.99. The smallest absolute Gasteiger partial charge is 0.400 e. The summed E-state index contributed by atoms with van der Waals surface area (Å²) in [5.74, 6) is -2.54. The number of nitrogens with zero attached hydrogens (tertiary/aromatic N) is 4. The molecule has 0 saturated carbocycles. The zero-order chi connectivity index (χ0) is 22.0. The third kappa shape index (κ3) is 4.31. The van der Waals surface area contributed by atoms with E-state index in [2.05, 4.69) is 10.1 Å². The molecule has 0 spiro atoms. The van der Waals surface area contributed by atoms with Crippen LogP contribution in [0, 0.1) is 27.6 Å². The van der Waals surface area contributed by atoms with Crippen LogP contribution in [0.4, 0.5) is 24.7 Å². The van der Waals surface area contributed by atoms with Crippen LogP contribution in [0.3, 0.4) is 0 Å². The van der Waals surface area contributed by atoms with Gasteiger partial charge < -0.3 is 4.42 Å². The van der Waals surface area contributed by atoms with Gasteiger partial charge in [0.2, 0.25) is 4.80 Å². The molecule has 0 aliphatic heterocycles. The quantitative estimate of drug-likeness (QED) is 0.239. The van der Waals surface area contributed by atoms with Gasteiger partial charge >= 0.3 is 5.88 Å². The first kappa shape index (κ1) is 20.3. The van der Waals surface area contributed by atoms with E-state index in [-0.39, 0.29) is 21.8 Å². The van der Waals surface area contributed by atoms with E-state index in [0.717, 1.165) is 29.5 Å². The van der Waals surface area contributed by atoms with Crippen molar-refractivity contribution < 1.29 is 22.5 Å². The fraction of sp³-hybridized carbons (Fsp3) is 0. The van der Waals surface area contributed by atoms with Crippen LogP contribution in [-0.4, -0.2) is 15.8 Å². The lowest BCUT2D eigenvalue weighted by Gasteiger charge is -2.04. The molecule has 0 amide bonds. The lowest BCUT2D eigenvalue weighted by Crippen LogP contribution is -2.12. The van der Waals surface area contributed by atoms with Gasteiger partial charge in [-0.15, -0.1) is 11.3 Å². The summed E-state index contributed by atoms with van der Waals surface area (Å²) < 4.78 is 47.9. The molecule has 4 rings (SSSR count). The number of rotatable bonds is 5. The Morgan fingerprint density at radius 2 is 1.87 bits per heavy atom. The van der Waals surface area contributed by atoms with Gasteiger partial charge in [-0.1, -0.05) is 12.1 Å². The molecule has 2 aromatic carbocycles. The average Bonchev–Trinajstić information content (AvgIpc) is 3.36. The number of furan rings is 1. The minimum atomic E-state index is -0.877. The molecule has 0 N–H and O–H groups in total. The molecule has 0 radical (unpaired) electrons. The first-order chi connectivity index (χ1) is 14.9. The van der Waals surface area contributed by atoms with Crippen LogP contribution in [0.25, 0.3) is 11.3 Å². The maximum Gasteiger partial charge on any atom is 0.433 e. The van der Waals surface area contributed by atoms with E-state index in [1.54, 1.807) is 11.4 Å². The summed E-state index contributed by atoms with van der Waals surface area (Å²) in [5.41, 5.74) is 0.380. The number of hydrogen-bond acceptors (Lipinski definition) is 6. The second-order valence-electron chi connectivity index (χ2n) is 6.08. The van der Waals surface area contributed by atoms with Crippen molar-refractivity contribution in [3.8, 4) is 11.3 Å². The molecule has 0 aliphatic carbocycles. The van der Waals surface area contributed by atoms with Crippen LogP contribution < -0.4 is 4.80 Å². The Morgan fingerprint density at radius 1 is 1.06 bits per heavy atom. The number of nitro groups is 1. The normalized spacial score (nSPS) is 12.0. The molecule has 156 valence electrons. The molecule has 0 aliphatic rings. The predicted molar refractivity (Wildman–Crippen MR) is 108 cm³/mol. The molecule has 0 fully saturated rings. The topological polar surface area (TPSA) is 85.9 Å². The number of halogens is 3. The van der Waals surface area contributed by atoms with Crippen molar-refractivity contribution >= 4 is 29.1 Å². The van der Waals surface area contributed by atoms with Gasteiger partial charge in [0, 0.05) is 17.0 Å². The molecule has 0 bridgehead atoms. The van der Waals surface area contributed by atoms with Gasteiger partial charge in [-0.2, -0.15) is 5.10 Å². The lowest BCUT2D eigenvalue weighted by molar-refractivity contribution is -0.402. The van der Waals surface area contributed by atoms with Crippen LogP contribution in [0.15, 0.2) is 74.5 Å². The van der Waals surface area contributed by atoms with Crippen molar-refractivity contribution in [2.45, 2.75) is 0 Å². The first-order valence-electron chi connectivity index (χ1n) is 8.66. The summed E-state index contributed by atoms with van der Waals surface area (Å²) in [4.78, 5) is 14.4. The van der Waals surface area contributed by atoms with E-state index in [0.29, 0.717) is 11.8 Å². The van der Waals surface area contributed by atoms with E-state index in [1.165, 1.54) is 35.2 Å².